The fraction of sp³-hybridized carbons (Fsp3) is 0.375. The van der Waals surface area contributed by atoms with Crippen LogP contribution in [0.2, 0.25) is 0 Å². The zero-order valence-electron chi connectivity index (χ0n) is 17.9. The average molecular weight is 421 g/mol. The Labute approximate surface area is 182 Å². The number of carbonyl (C=O) groups is 3. The fourth-order valence-corrected chi connectivity index (χ4v) is 4.20. The third-order valence-corrected chi connectivity index (χ3v) is 5.89. The number of rotatable bonds is 5. The molecule has 4 rings (SSSR count). The Morgan fingerprint density at radius 2 is 1.87 bits per heavy atom. The van der Waals surface area contributed by atoms with Crippen LogP contribution in [0.25, 0.3) is 0 Å². The van der Waals surface area contributed by atoms with Crippen molar-refractivity contribution in [3.63, 3.8) is 0 Å². The Bertz CT molecular complexity index is 1010. The SMILES string of the molecule is COc1ccc(C)cc1N1CC(C(=O)Nc2cccc(C(=O)N3CCCC3)c2)CC1=O. The van der Waals surface area contributed by atoms with E-state index >= 15 is 0 Å². The molecular weight excluding hydrogens is 394 g/mol. The first-order valence-corrected chi connectivity index (χ1v) is 10.6. The summed E-state index contributed by atoms with van der Waals surface area (Å²) in [5, 5.41) is 2.88. The van der Waals surface area contributed by atoms with Crippen LogP contribution in [0.5, 0.6) is 5.75 Å². The summed E-state index contributed by atoms with van der Waals surface area (Å²) in [4.78, 5) is 41.6. The van der Waals surface area contributed by atoms with Crippen LogP contribution in [0.15, 0.2) is 42.5 Å². The molecule has 1 N–H and O–H groups in total. The summed E-state index contributed by atoms with van der Waals surface area (Å²) in [7, 11) is 1.56. The Hall–Kier alpha value is -3.35. The van der Waals surface area contributed by atoms with E-state index in [1.807, 2.05) is 30.0 Å². The quantitative estimate of drug-likeness (QED) is 0.804. The maximum absolute atomic E-state index is 12.9. The van der Waals surface area contributed by atoms with Crippen LogP contribution in [-0.2, 0) is 9.59 Å². The number of likely N-dealkylation sites (tertiary alicyclic amines) is 1. The Morgan fingerprint density at radius 3 is 2.61 bits per heavy atom. The highest BCUT2D eigenvalue weighted by atomic mass is 16.5. The zero-order valence-corrected chi connectivity index (χ0v) is 17.9. The van der Waals surface area contributed by atoms with Gasteiger partial charge in [-0.25, -0.2) is 0 Å². The first-order chi connectivity index (χ1) is 15.0. The van der Waals surface area contributed by atoms with Crippen molar-refractivity contribution in [1.29, 1.82) is 0 Å². The predicted octanol–water partition coefficient (Wildman–Crippen LogP) is 3.23. The van der Waals surface area contributed by atoms with E-state index < -0.39 is 5.92 Å². The van der Waals surface area contributed by atoms with Crippen molar-refractivity contribution in [1.82, 2.24) is 4.90 Å². The predicted molar refractivity (Wildman–Crippen MR) is 118 cm³/mol. The maximum Gasteiger partial charge on any atom is 0.253 e. The van der Waals surface area contributed by atoms with E-state index in [0.29, 0.717) is 22.7 Å². The van der Waals surface area contributed by atoms with Gasteiger partial charge in [-0.3, -0.25) is 14.4 Å². The van der Waals surface area contributed by atoms with Crippen LogP contribution < -0.4 is 15.0 Å². The van der Waals surface area contributed by atoms with Crippen LogP contribution in [0.3, 0.4) is 0 Å². The summed E-state index contributed by atoms with van der Waals surface area (Å²) in [6.45, 7) is 3.79. The minimum absolute atomic E-state index is 0.0117. The molecule has 2 heterocycles. The number of amides is 3. The van der Waals surface area contributed by atoms with Gasteiger partial charge in [-0.15, -0.1) is 0 Å². The topological polar surface area (TPSA) is 79.0 Å². The third-order valence-electron chi connectivity index (χ3n) is 5.89. The molecule has 2 aromatic rings. The first kappa shape index (κ1) is 20.9. The molecule has 0 radical (unpaired) electrons. The van der Waals surface area contributed by atoms with E-state index in [9.17, 15) is 14.4 Å². The van der Waals surface area contributed by atoms with Crippen LogP contribution in [0, 0.1) is 12.8 Å². The lowest BCUT2D eigenvalue weighted by Gasteiger charge is -2.20. The normalized spacial score (nSPS) is 18.4. The highest BCUT2D eigenvalue weighted by molar-refractivity contribution is 6.04. The van der Waals surface area contributed by atoms with Gasteiger partial charge in [0.2, 0.25) is 11.8 Å². The van der Waals surface area contributed by atoms with Gasteiger partial charge in [0.15, 0.2) is 0 Å². The number of methoxy groups -OCH3 is 1. The van der Waals surface area contributed by atoms with E-state index in [2.05, 4.69) is 5.32 Å². The third kappa shape index (κ3) is 4.40. The number of nitrogens with one attached hydrogen (secondary N) is 1. The summed E-state index contributed by atoms with van der Waals surface area (Å²) in [6.07, 6.45) is 2.19. The van der Waals surface area contributed by atoms with Crippen molar-refractivity contribution in [2.24, 2.45) is 5.92 Å². The lowest BCUT2D eigenvalue weighted by atomic mass is 10.1. The summed E-state index contributed by atoms with van der Waals surface area (Å²) in [5.41, 5.74) is 2.82. The Kier molecular flexibility index (Phi) is 5.93. The number of ether oxygens (including phenoxy) is 1. The smallest absolute Gasteiger partial charge is 0.253 e. The van der Waals surface area contributed by atoms with Gasteiger partial charge < -0.3 is 19.9 Å². The zero-order chi connectivity index (χ0) is 22.0. The van der Waals surface area contributed by atoms with Crippen molar-refractivity contribution in [3.05, 3.63) is 53.6 Å². The number of aryl methyl sites for hydroxylation is 1. The van der Waals surface area contributed by atoms with Gasteiger partial charge in [0.05, 0.1) is 18.7 Å². The summed E-state index contributed by atoms with van der Waals surface area (Å²) in [6, 6.07) is 12.6. The molecule has 31 heavy (non-hydrogen) atoms. The molecule has 3 amide bonds. The number of carbonyl (C=O) groups excluding carboxylic acids is 3. The lowest BCUT2D eigenvalue weighted by Crippen LogP contribution is -2.29. The Balaban J connectivity index is 1.45. The molecule has 7 nitrogen and oxygen atoms in total. The van der Waals surface area contributed by atoms with Crippen molar-refractivity contribution in [3.8, 4) is 5.75 Å². The molecule has 162 valence electrons. The molecule has 2 aliphatic rings. The molecular formula is C24H27N3O4. The molecule has 1 atom stereocenters. The minimum Gasteiger partial charge on any atom is -0.495 e. The number of hydrogen-bond acceptors (Lipinski definition) is 4. The number of benzene rings is 2. The van der Waals surface area contributed by atoms with Crippen molar-refractivity contribution in [2.75, 3.05) is 37.0 Å². The highest BCUT2D eigenvalue weighted by Gasteiger charge is 2.36. The Morgan fingerprint density at radius 1 is 1.10 bits per heavy atom. The molecule has 7 heteroatoms. The van der Waals surface area contributed by atoms with Crippen LogP contribution in [0.4, 0.5) is 11.4 Å². The second-order valence-corrected chi connectivity index (χ2v) is 8.15. The van der Waals surface area contributed by atoms with E-state index in [1.54, 1.807) is 36.3 Å². The van der Waals surface area contributed by atoms with Gasteiger partial charge in [0, 0.05) is 37.3 Å². The van der Waals surface area contributed by atoms with Crippen molar-refractivity contribution < 1.29 is 19.1 Å². The van der Waals surface area contributed by atoms with E-state index in [1.165, 1.54) is 0 Å². The average Bonchev–Trinajstić information content (AvgIpc) is 3.43. The standard InChI is InChI=1S/C24H27N3O4/c1-16-8-9-21(31-2)20(12-16)27-15-18(14-22(27)28)23(29)25-19-7-5-6-17(13-19)24(30)26-10-3-4-11-26/h5-9,12-13,18H,3-4,10-11,14-15H2,1-2H3,(H,25,29). The second-order valence-electron chi connectivity index (χ2n) is 8.15. The summed E-state index contributed by atoms with van der Waals surface area (Å²) >= 11 is 0. The molecule has 0 bridgehead atoms. The van der Waals surface area contributed by atoms with Gasteiger partial charge in [0.1, 0.15) is 5.75 Å². The molecule has 2 fully saturated rings. The maximum atomic E-state index is 12.9. The van der Waals surface area contributed by atoms with Crippen LogP contribution >= 0.6 is 0 Å². The van der Waals surface area contributed by atoms with Gasteiger partial charge in [-0.05, 0) is 55.7 Å². The molecule has 2 saturated heterocycles. The molecule has 2 aromatic carbocycles. The molecule has 0 spiro atoms. The van der Waals surface area contributed by atoms with Gasteiger partial charge in [-0.2, -0.15) is 0 Å². The lowest BCUT2D eigenvalue weighted by molar-refractivity contribution is -0.122. The molecule has 1 unspecified atom stereocenters. The fourth-order valence-electron chi connectivity index (χ4n) is 4.20. The molecule has 0 saturated carbocycles. The van der Waals surface area contributed by atoms with Crippen molar-refractivity contribution in [2.45, 2.75) is 26.2 Å². The minimum atomic E-state index is -0.476. The van der Waals surface area contributed by atoms with Crippen LogP contribution in [0.1, 0.15) is 35.2 Å². The van der Waals surface area contributed by atoms with Gasteiger partial charge in [0.25, 0.3) is 5.91 Å². The molecule has 0 aliphatic carbocycles. The van der Waals surface area contributed by atoms with Gasteiger partial charge in [-0.1, -0.05) is 12.1 Å². The number of hydrogen-bond donors (Lipinski definition) is 1. The van der Waals surface area contributed by atoms with Crippen molar-refractivity contribution >= 4 is 29.1 Å². The monoisotopic (exact) mass is 421 g/mol. The van der Waals surface area contributed by atoms with E-state index in [0.717, 1.165) is 31.5 Å². The number of anilines is 2. The van der Waals surface area contributed by atoms with E-state index in [-0.39, 0.29) is 30.7 Å². The molecule has 0 aromatic heterocycles. The summed E-state index contributed by atoms with van der Waals surface area (Å²) < 4.78 is 5.40. The second kappa shape index (κ2) is 8.79. The first-order valence-electron chi connectivity index (χ1n) is 10.6. The summed E-state index contributed by atoms with van der Waals surface area (Å²) in [5.74, 6) is -0.221. The number of nitrogens with zero attached hydrogens (tertiary/aromatic N) is 2. The van der Waals surface area contributed by atoms with Crippen LogP contribution in [-0.4, -0.2) is 49.4 Å². The largest absolute Gasteiger partial charge is 0.495 e. The van der Waals surface area contributed by atoms with Gasteiger partial charge >= 0.3 is 0 Å². The van der Waals surface area contributed by atoms with E-state index in [4.69, 9.17) is 4.74 Å². The highest BCUT2D eigenvalue weighted by Crippen LogP contribution is 2.34. The molecule has 2 aliphatic heterocycles.